The maximum atomic E-state index is 13.6. The second kappa shape index (κ2) is 8.64. The first-order valence-electron chi connectivity index (χ1n) is 11.2. The minimum atomic E-state index is -0.975. The minimum absolute atomic E-state index is 0.0785. The summed E-state index contributed by atoms with van der Waals surface area (Å²) >= 11 is 1.15. The second-order valence-electron chi connectivity index (χ2n) is 8.28. The molecule has 1 atom stereocenters. The van der Waals surface area contributed by atoms with Crippen LogP contribution in [0.5, 0.6) is 0 Å². The van der Waals surface area contributed by atoms with E-state index in [1.54, 1.807) is 25.3 Å². The summed E-state index contributed by atoms with van der Waals surface area (Å²) in [5.74, 6) is -2.56. The highest BCUT2D eigenvalue weighted by atomic mass is 32.2. The highest BCUT2D eigenvalue weighted by Gasteiger charge is 2.39. The smallest absolute Gasteiger partial charge is 0.356 e. The number of carbonyl (C=O) groups excluding carboxylic acids is 2. The molecule has 12 heteroatoms. The van der Waals surface area contributed by atoms with E-state index in [9.17, 15) is 18.4 Å². The largest absolute Gasteiger partial charge is 0.461 e. The number of imidazole rings is 1. The number of ketones is 1. The molecule has 4 aromatic rings. The van der Waals surface area contributed by atoms with Crippen LogP contribution < -0.4 is 10.6 Å². The van der Waals surface area contributed by atoms with Crippen LogP contribution in [0.4, 0.5) is 14.5 Å². The van der Waals surface area contributed by atoms with Crippen LogP contribution in [0.15, 0.2) is 56.4 Å². The molecule has 0 saturated carbocycles. The van der Waals surface area contributed by atoms with E-state index in [0.717, 1.165) is 23.9 Å². The fourth-order valence-electron chi connectivity index (χ4n) is 4.54. The van der Waals surface area contributed by atoms with E-state index in [4.69, 9.17) is 9.15 Å². The third-order valence-corrected chi connectivity index (χ3v) is 6.87. The molecule has 0 amide bonds. The van der Waals surface area contributed by atoms with Gasteiger partial charge in [0.05, 0.1) is 35.8 Å². The zero-order valence-electron chi connectivity index (χ0n) is 18.8. The number of nitrogens with one attached hydrogen (secondary N) is 4. The van der Waals surface area contributed by atoms with Crippen LogP contribution in [0.1, 0.15) is 34.7 Å². The minimum Gasteiger partial charge on any atom is -0.461 e. The fourth-order valence-corrected chi connectivity index (χ4v) is 5.31. The standard InChI is InChI=1S/C24H19F2N5O4S/c1-2-34-23(33)22-21-10(7-28-22)19(20-15(29-21)8-27-9-16(20)32)17-3-4-18(35-17)36-24-30-13-5-11(25)12(26)6-14(13)31-24/h3-7,19,27-29H,2,8-9H2,1H3,(H,30,31). The van der Waals surface area contributed by atoms with Crippen molar-refractivity contribution in [3.05, 3.63) is 70.4 Å². The molecule has 9 nitrogen and oxygen atoms in total. The number of halogens is 2. The summed E-state index contributed by atoms with van der Waals surface area (Å²) in [5.41, 5.74) is 3.38. The lowest BCUT2D eigenvalue weighted by Gasteiger charge is -2.31. The van der Waals surface area contributed by atoms with Gasteiger partial charge in [0.25, 0.3) is 0 Å². The fraction of sp³-hybridized carbons (Fsp3) is 0.208. The Hall–Kier alpha value is -3.90. The molecule has 3 aromatic heterocycles. The molecule has 4 N–H and O–H groups in total. The van der Waals surface area contributed by atoms with Crippen molar-refractivity contribution in [1.82, 2.24) is 20.3 Å². The Bertz CT molecular complexity index is 1530. The molecule has 0 bridgehead atoms. The third-order valence-electron chi connectivity index (χ3n) is 6.06. The Labute approximate surface area is 206 Å². The number of Topliss-reactive ketones (excluding diaryl/α,β-unsaturated/α-hetero) is 1. The Morgan fingerprint density at radius 2 is 2.08 bits per heavy atom. The van der Waals surface area contributed by atoms with Crippen LogP contribution in [-0.4, -0.2) is 46.4 Å². The van der Waals surface area contributed by atoms with E-state index in [-0.39, 0.29) is 24.6 Å². The number of fused-ring (bicyclic) bond motifs is 2. The molecule has 0 saturated heterocycles. The van der Waals surface area contributed by atoms with E-state index in [2.05, 4.69) is 25.6 Å². The molecule has 0 spiro atoms. The lowest BCUT2D eigenvalue weighted by Crippen LogP contribution is -2.39. The summed E-state index contributed by atoms with van der Waals surface area (Å²) in [6.07, 6.45) is 1.68. The average Bonchev–Trinajstić information content (AvgIpc) is 3.57. The second-order valence-corrected chi connectivity index (χ2v) is 9.27. The van der Waals surface area contributed by atoms with E-state index in [1.807, 2.05) is 0 Å². The van der Waals surface area contributed by atoms with Gasteiger partial charge >= 0.3 is 5.97 Å². The van der Waals surface area contributed by atoms with Crippen LogP contribution >= 0.6 is 11.8 Å². The lowest BCUT2D eigenvalue weighted by atomic mass is 9.82. The summed E-state index contributed by atoms with van der Waals surface area (Å²) < 4.78 is 38.4. The molecule has 2 aliphatic heterocycles. The number of anilines is 1. The summed E-state index contributed by atoms with van der Waals surface area (Å²) in [7, 11) is 0. The number of ether oxygens (including phenoxy) is 1. The predicted molar refractivity (Wildman–Crippen MR) is 126 cm³/mol. The first-order chi connectivity index (χ1) is 17.4. The number of hydrogen-bond acceptors (Lipinski definition) is 8. The van der Waals surface area contributed by atoms with Gasteiger partial charge in [0, 0.05) is 41.7 Å². The molecular weight excluding hydrogens is 492 g/mol. The molecule has 2 aliphatic rings. The molecule has 1 unspecified atom stereocenters. The highest BCUT2D eigenvalue weighted by Crippen LogP contribution is 2.45. The zero-order chi connectivity index (χ0) is 25.0. The van der Waals surface area contributed by atoms with Crippen molar-refractivity contribution in [3.63, 3.8) is 0 Å². The molecule has 36 heavy (non-hydrogen) atoms. The summed E-state index contributed by atoms with van der Waals surface area (Å²) in [4.78, 5) is 35.6. The van der Waals surface area contributed by atoms with E-state index >= 15 is 0 Å². The number of rotatable bonds is 5. The van der Waals surface area contributed by atoms with Crippen LogP contribution in [0.3, 0.4) is 0 Å². The number of H-pyrrole nitrogens is 2. The third kappa shape index (κ3) is 3.69. The van der Waals surface area contributed by atoms with Gasteiger partial charge in [-0.25, -0.2) is 18.6 Å². The van der Waals surface area contributed by atoms with Crippen molar-refractivity contribution in [2.75, 3.05) is 25.0 Å². The molecule has 0 radical (unpaired) electrons. The normalized spacial score (nSPS) is 17.2. The number of carbonyl (C=O) groups is 2. The number of esters is 1. The molecule has 184 valence electrons. The predicted octanol–water partition coefficient (Wildman–Crippen LogP) is 4.07. The van der Waals surface area contributed by atoms with E-state index < -0.39 is 23.5 Å². The number of aromatic amines is 2. The van der Waals surface area contributed by atoms with Gasteiger partial charge in [-0.1, -0.05) is 0 Å². The van der Waals surface area contributed by atoms with Gasteiger partial charge in [-0.2, -0.15) is 0 Å². The number of hydrogen-bond donors (Lipinski definition) is 4. The van der Waals surface area contributed by atoms with Crippen molar-refractivity contribution in [2.45, 2.75) is 23.1 Å². The Balaban J connectivity index is 1.37. The number of furan rings is 1. The van der Waals surface area contributed by atoms with Crippen molar-refractivity contribution in [1.29, 1.82) is 0 Å². The Morgan fingerprint density at radius 1 is 1.25 bits per heavy atom. The van der Waals surface area contributed by atoms with Gasteiger partial charge in [0.1, 0.15) is 11.5 Å². The zero-order valence-corrected chi connectivity index (χ0v) is 19.6. The number of nitrogens with zero attached hydrogens (tertiary/aromatic N) is 1. The van der Waals surface area contributed by atoms with Crippen molar-refractivity contribution >= 4 is 40.2 Å². The topological polar surface area (TPSA) is 125 Å². The van der Waals surface area contributed by atoms with Crippen molar-refractivity contribution in [2.24, 2.45) is 0 Å². The van der Waals surface area contributed by atoms with Crippen LogP contribution in [0.2, 0.25) is 0 Å². The summed E-state index contributed by atoms with van der Waals surface area (Å²) in [6, 6.07) is 5.58. The summed E-state index contributed by atoms with van der Waals surface area (Å²) in [5, 5.41) is 7.15. The first kappa shape index (κ1) is 22.6. The Kier molecular flexibility index (Phi) is 5.41. The molecule has 0 aliphatic carbocycles. The number of aromatic nitrogens is 3. The summed E-state index contributed by atoms with van der Waals surface area (Å²) in [6.45, 7) is 2.57. The van der Waals surface area contributed by atoms with Gasteiger partial charge in [0.2, 0.25) is 0 Å². The molecular formula is C24H19F2N5O4S. The van der Waals surface area contributed by atoms with Gasteiger partial charge in [-0.3, -0.25) is 4.79 Å². The van der Waals surface area contributed by atoms with E-state index in [1.165, 1.54) is 0 Å². The molecule has 5 heterocycles. The van der Waals surface area contributed by atoms with Crippen molar-refractivity contribution < 1.29 is 27.5 Å². The van der Waals surface area contributed by atoms with Gasteiger partial charge in [0.15, 0.2) is 27.7 Å². The van der Waals surface area contributed by atoms with Crippen LogP contribution in [0, 0.1) is 11.6 Å². The average molecular weight is 512 g/mol. The molecule has 0 fully saturated rings. The maximum Gasteiger partial charge on any atom is 0.356 e. The maximum absolute atomic E-state index is 13.6. The molecule has 6 rings (SSSR count). The quantitative estimate of drug-likeness (QED) is 0.296. The van der Waals surface area contributed by atoms with Crippen LogP contribution in [0.25, 0.3) is 11.0 Å². The highest BCUT2D eigenvalue weighted by molar-refractivity contribution is 7.99. The van der Waals surface area contributed by atoms with E-state index in [0.29, 0.717) is 56.1 Å². The lowest BCUT2D eigenvalue weighted by molar-refractivity contribution is -0.115. The first-order valence-corrected chi connectivity index (χ1v) is 12.0. The van der Waals surface area contributed by atoms with Crippen LogP contribution in [-0.2, 0) is 9.53 Å². The SMILES string of the molecule is CCOC(=O)c1[nH]cc2c1NC1=C(C(=O)CNC1)C2c1ccc(Sc2nc3cc(F)c(F)cc3[nH]2)o1. The number of benzene rings is 1. The van der Waals surface area contributed by atoms with Crippen molar-refractivity contribution in [3.8, 4) is 0 Å². The monoisotopic (exact) mass is 511 g/mol. The Morgan fingerprint density at radius 3 is 2.92 bits per heavy atom. The van der Waals surface area contributed by atoms with Gasteiger partial charge < -0.3 is 29.8 Å². The van der Waals surface area contributed by atoms with Gasteiger partial charge in [-0.05, 0) is 30.8 Å². The van der Waals surface area contributed by atoms with Gasteiger partial charge in [-0.15, -0.1) is 0 Å². The molecule has 1 aromatic carbocycles.